The summed E-state index contributed by atoms with van der Waals surface area (Å²) in [5.74, 6) is 1.71. The second kappa shape index (κ2) is 10.0. The van der Waals surface area contributed by atoms with Crippen LogP contribution in [0.25, 0.3) is 5.69 Å². The van der Waals surface area contributed by atoms with Crippen LogP contribution >= 0.6 is 0 Å². The summed E-state index contributed by atoms with van der Waals surface area (Å²) in [5.41, 5.74) is 0.678. The number of ether oxygens (including phenoxy) is 4. The molecule has 1 atom stereocenters. The van der Waals surface area contributed by atoms with Gasteiger partial charge in [-0.1, -0.05) is 12.1 Å². The minimum Gasteiger partial charge on any atom is -0.493 e. The summed E-state index contributed by atoms with van der Waals surface area (Å²) >= 11 is 0. The number of likely N-dealkylation sites (N-methyl/N-ethyl adjacent to an activating group) is 1. The van der Waals surface area contributed by atoms with Crippen molar-refractivity contribution in [2.75, 3.05) is 40.6 Å². The van der Waals surface area contributed by atoms with E-state index in [1.807, 2.05) is 20.0 Å². The maximum absolute atomic E-state index is 12.6. The smallest absolute Gasteiger partial charge is 0.335 e. The van der Waals surface area contributed by atoms with Crippen LogP contribution in [0.5, 0.6) is 28.9 Å². The fraction of sp³-hybridized carbons (Fsp3) is 0.346. The van der Waals surface area contributed by atoms with Crippen LogP contribution in [0.4, 0.5) is 0 Å². The SMILES string of the molecule is CCOc1ccccc1-n1c(O)c(C=NCC2c3c(cc4c(c3OC)OCO4)CCN2C)c(=O)[nH]c1=O. The minimum atomic E-state index is -0.784. The van der Waals surface area contributed by atoms with Gasteiger partial charge in [-0.3, -0.25) is 19.7 Å². The topological polar surface area (TPSA) is 128 Å². The third-order valence-electron chi connectivity index (χ3n) is 6.57. The summed E-state index contributed by atoms with van der Waals surface area (Å²) in [5, 5.41) is 11.0. The van der Waals surface area contributed by atoms with Gasteiger partial charge in [-0.05, 0) is 44.2 Å². The molecule has 0 fully saturated rings. The van der Waals surface area contributed by atoms with Gasteiger partial charge in [0.25, 0.3) is 5.56 Å². The van der Waals surface area contributed by atoms with Gasteiger partial charge in [-0.25, -0.2) is 9.36 Å². The van der Waals surface area contributed by atoms with E-state index < -0.39 is 17.1 Å². The molecule has 2 aliphatic rings. The Balaban J connectivity index is 1.51. The largest absolute Gasteiger partial charge is 0.493 e. The van der Waals surface area contributed by atoms with Crippen molar-refractivity contribution in [2.45, 2.75) is 19.4 Å². The van der Waals surface area contributed by atoms with Crippen molar-refractivity contribution in [3.05, 3.63) is 67.9 Å². The molecular formula is C26H28N4O7. The van der Waals surface area contributed by atoms with Gasteiger partial charge in [0, 0.05) is 18.3 Å². The van der Waals surface area contributed by atoms with E-state index in [0.29, 0.717) is 35.3 Å². The third-order valence-corrected chi connectivity index (χ3v) is 6.57. The number of aromatic hydroxyl groups is 1. The lowest BCUT2D eigenvalue weighted by atomic mass is 9.91. The van der Waals surface area contributed by atoms with Gasteiger partial charge in [0.1, 0.15) is 11.3 Å². The summed E-state index contributed by atoms with van der Waals surface area (Å²) in [7, 11) is 3.58. The van der Waals surface area contributed by atoms with Gasteiger partial charge < -0.3 is 24.1 Å². The number of rotatable bonds is 7. The van der Waals surface area contributed by atoms with Crippen LogP contribution in [0.1, 0.15) is 29.7 Å². The summed E-state index contributed by atoms with van der Waals surface area (Å²) in [4.78, 5) is 34.2. The van der Waals surface area contributed by atoms with E-state index in [2.05, 4.69) is 14.9 Å². The summed E-state index contributed by atoms with van der Waals surface area (Å²) in [6.07, 6.45) is 2.10. The molecule has 2 aliphatic heterocycles. The Morgan fingerprint density at radius 2 is 2.08 bits per heavy atom. The van der Waals surface area contributed by atoms with Crippen LogP contribution in [0.15, 0.2) is 44.9 Å². The number of hydrogen-bond acceptors (Lipinski definition) is 9. The van der Waals surface area contributed by atoms with Crippen molar-refractivity contribution in [3.8, 4) is 34.6 Å². The molecule has 0 saturated heterocycles. The molecule has 1 aromatic heterocycles. The molecule has 0 radical (unpaired) electrons. The Labute approximate surface area is 212 Å². The molecule has 11 heteroatoms. The molecule has 3 aromatic rings. The first-order valence-corrected chi connectivity index (χ1v) is 11.9. The average Bonchev–Trinajstić information content (AvgIpc) is 3.35. The van der Waals surface area contributed by atoms with Gasteiger partial charge in [0.2, 0.25) is 18.4 Å². The maximum atomic E-state index is 12.6. The van der Waals surface area contributed by atoms with Crippen LogP contribution < -0.4 is 30.2 Å². The predicted molar refractivity (Wildman–Crippen MR) is 136 cm³/mol. The molecule has 37 heavy (non-hydrogen) atoms. The fourth-order valence-electron chi connectivity index (χ4n) is 4.80. The van der Waals surface area contributed by atoms with E-state index in [9.17, 15) is 14.7 Å². The lowest BCUT2D eigenvalue weighted by molar-refractivity contribution is 0.170. The first-order chi connectivity index (χ1) is 17.9. The predicted octanol–water partition coefficient (Wildman–Crippen LogP) is 2.02. The Morgan fingerprint density at radius 1 is 1.27 bits per heavy atom. The van der Waals surface area contributed by atoms with Gasteiger partial charge in [0.15, 0.2) is 11.5 Å². The van der Waals surface area contributed by atoms with Crippen molar-refractivity contribution in [1.29, 1.82) is 0 Å². The Kier molecular flexibility index (Phi) is 6.62. The normalized spacial score (nSPS) is 16.7. The molecule has 0 bridgehead atoms. The van der Waals surface area contributed by atoms with E-state index in [-0.39, 0.29) is 24.9 Å². The molecule has 0 spiro atoms. The van der Waals surface area contributed by atoms with E-state index in [1.54, 1.807) is 31.4 Å². The first-order valence-electron chi connectivity index (χ1n) is 11.9. The highest BCUT2D eigenvalue weighted by Crippen LogP contribution is 2.49. The lowest BCUT2D eigenvalue weighted by Gasteiger charge is -2.35. The van der Waals surface area contributed by atoms with Gasteiger partial charge >= 0.3 is 5.69 Å². The molecule has 11 nitrogen and oxygen atoms in total. The van der Waals surface area contributed by atoms with Gasteiger partial charge in [0.05, 0.1) is 32.0 Å². The number of hydrogen-bond donors (Lipinski definition) is 2. The van der Waals surface area contributed by atoms with Crippen molar-refractivity contribution in [3.63, 3.8) is 0 Å². The van der Waals surface area contributed by atoms with Crippen molar-refractivity contribution in [2.24, 2.45) is 4.99 Å². The van der Waals surface area contributed by atoms with Crippen LogP contribution in [-0.4, -0.2) is 66.4 Å². The van der Waals surface area contributed by atoms with Crippen molar-refractivity contribution >= 4 is 6.21 Å². The molecule has 5 rings (SSSR count). The average molecular weight is 509 g/mol. The van der Waals surface area contributed by atoms with Gasteiger partial charge in [-0.15, -0.1) is 0 Å². The molecule has 1 unspecified atom stereocenters. The summed E-state index contributed by atoms with van der Waals surface area (Å²) in [6.45, 7) is 3.38. The second-order valence-corrected chi connectivity index (χ2v) is 8.69. The number of nitrogens with zero attached hydrogens (tertiary/aromatic N) is 3. The van der Waals surface area contributed by atoms with E-state index in [0.717, 1.165) is 28.7 Å². The number of para-hydroxylation sites is 2. The first kappa shape index (κ1) is 24.4. The van der Waals surface area contributed by atoms with E-state index in [1.165, 1.54) is 6.21 Å². The number of H-pyrrole nitrogens is 1. The van der Waals surface area contributed by atoms with E-state index in [4.69, 9.17) is 18.9 Å². The van der Waals surface area contributed by atoms with Gasteiger partial charge in [-0.2, -0.15) is 0 Å². The molecule has 3 heterocycles. The standard InChI is InChI=1S/C26H28N4O7/c1-4-35-19-8-6-5-7-17(19)30-25(32)16(24(31)28-26(30)33)12-27-13-18-21-15(9-10-29(18)2)11-20-22(23(21)34-3)37-14-36-20/h5-8,11-12,18,32H,4,9-10,13-14H2,1-3H3,(H,28,31,33). The highest BCUT2D eigenvalue weighted by Gasteiger charge is 2.33. The van der Waals surface area contributed by atoms with Crippen LogP contribution in [0.3, 0.4) is 0 Å². The third kappa shape index (κ3) is 4.31. The summed E-state index contributed by atoms with van der Waals surface area (Å²) in [6, 6.07) is 8.57. The maximum Gasteiger partial charge on any atom is 0.335 e. The zero-order valence-corrected chi connectivity index (χ0v) is 20.8. The number of fused-ring (bicyclic) bond motifs is 2. The van der Waals surface area contributed by atoms with E-state index >= 15 is 0 Å². The number of methoxy groups -OCH3 is 1. The molecule has 2 N–H and O–H groups in total. The quantitative estimate of drug-likeness (QED) is 0.464. The molecule has 194 valence electrons. The second-order valence-electron chi connectivity index (χ2n) is 8.69. The number of benzene rings is 2. The highest BCUT2D eigenvalue weighted by atomic mass is 16.7. The molecule has 0 amide bonds. The Hall–Kier alpha value is -4.25. The Bertz CT molecular complexity index is 1480. The number of aromatic amines is 1. The van der Waals surface area contributed by atoms with Crippen LogP contribution in [0, 0.1) is 0 Å². The summed E-state index contributed by atoms with van der Waals surface area (Å²) < 4.78 is 23.5. The molecule has 0 saturated carbocycles. The zero-order chi connectivity index (χ0) is 26.1. The zero-order valence-electron chi connectivity index (χ0n) is 20.8. The monoisotopic (exact) mass is 508 g/mol. The minimum absolute atomic E-state index is 0.136. The van der Waals surface area contributed by atoms with Crippen molar-refractivity contribution in [1.82, 2.24) is 14.5 Å². The highest BCUT2D eigenvalue weighted by molar-refractivity contribution is 5.82. The number of aromatic nitrogens is 2. The molecular weight excluding hydrogens is 480 g/mol. The molecule has 0 aliphatic carbocycles. The molecule has 2 aromatic carbocycles. The lowest BCUT2D eigenvalue weighted by Crippen LogP contribution is -2.34. The number of nitrogens with one attached hydrogen (secondary N) is 1. The fourth-order valence-corrected chi connectivity index (χ4v) is 4.80. The van der Waals surface area contributed by atoms with Crippen LogP contribution in [-0.2, 0) is 6.42 Å². The Morgan fingerprint density at radius 3 is 2.86 bits per heavy atom. The number of aliphatic imine (C=N–C) groups is 1. The van der Waals surface area contributed by atoms with Crippen LogP contribution in [0.2, 0.25) is 0 Å². The van der Waals surface area contributed by atoms with Crippen molar-refractivity contribution < 1.29 is 24.1 Å².